The molecule has 0 bridgehead atoms. The molecule has 0 spiro atoms. The van der Waals surface area contributed by atoms with Crippen molar-refractivity contribution in [2.24, 2.45) is 5.16 Å². The van der Waals surface area contributed by atoms with Crippen LogP contribution in [0.25, 0.3) is 0 Å². The zero-order valence-electron chi connectivity index (χ0n) is 11.8. The number of hydrogen-bond donors (Lipinski definition) is 1. The molecule has 2 aromatic carbocycles. The van der Waals surface area contributed by atoms with Gasteiger partial charge in [0.05, 0.1) is 6.21 Å². The Balaban J connectivity index is 1.87. The van der Waals surface area contributed by atoms with Crippen LogP contribution in [0.5, 0.6) is 0 Å². The zero-order valence-corrected chi connectivity index (χ0v) is 13.4. The van der Waals surface area contributed by atoms with Crippen LogP contribution in [0.1, 0.15) is 12.5 Å². The first-order valence-corrected chi connectivity index (χ1v) is 7.35. The fourth-order valence-corrected chi connectivity index (χ4v) is 1.86. The molecule has 0 saturated carbocycles. The van der Waals surface area contributed by atoms with Crippen molar-refractivity contribution < 1.29 is 14.0 Å². The van der Waals surface area contributed by atoms with Crippen LogP contribution >= 0.6 is 15.9 Å². The smallest absolute Gasteiger partial charge is 0.267 e. The van der Waals surface area contributed by atoms with Gasteiger partial charge < -0.3 is 10.2 Å². The third kappa shape index (κ3) is 4.96. The molecule has 0 aliphatic heterocycles. The molecule has 6 heteroatoms. The minimum atomic E-state index is -0.770. The number of carbonyl (C=O) groups excluding carboxylic acids is 1. The number of oxime groups is 1. The summed E-state index contributed by atoms with van der Waals surface area (Å²) in [6.07, 6.45) is 0.584. The van der Waals surface area contributed by atoms with Crippen LogP contribution in [0.15, 0.2) is 58.2 Å². The number of nitrogens with one attached hydrogen (secondary N) is 1. The second-order valence-electron chi connectivity index (χ2n) is 4.53. The number of amides is 1. The van der Waals surface area contributed by atoms with Crippen LogP contribution in [0.3, 0.4) is 0 Å². The SMILES string of the molecule is C[C@@H](O/N=C\c1cccc(F)c1)C(=O)Nc1ccc(Br)cc1. The Bertz CT molecular complexity index is 674. The third-order valence-electron chi connectivity index (χ3n) is 2.75. The molecular formula is C16H14BrFN2O2. The summed E-state index contributed by atoms with van der Waals surface area (Å²) in [7, 11) is 0. The minimum absolute atomic E-state index is 0.321. The topological polar surface area (TPSA) is 50.7 Å². The molecule has 0 aliphatic carbocycles. The fraction of sp³-hybridized carbons (Fsp3) is 0.125. The molecule has 0 unspecified atom stereocenters. The number of hydrogen-bond acceptors (Lipinski definition) is 3. The predicted molar refractivity (Wildman–Crippen MR) is 87.3 cm³/mol. The van der Waals surface area contributed by atoms with E-state index in [9.17, 15) is 9.18 Å². The Morgan fingerprint density at radius 2 is 2.05 bits per heavy atom. The fourth-order valence-electron chi connectivity index (χ4n) is 1.59. The van der Waals surface area contributed by atoms with Gasteiger partial charge in [-0.05, 0) is 48.9 Å². The highest BCUT2D eigenvalue weighted by atomic mass is 79.9. The first-order chi connectivity index (χ1) is 10.5. The summed E-state index contributed by atoms with van der Waals surface area (Å²) in [5, 5.41) is 6.41. The molecule has 1 amide bonds. The molecule has 114 valence electrons. The van der Waals surface area contributed by atoms with Crippen molar-refractivity contribution in [3.05, 3.63) is 64.4 Å². The molecule has 0 fully saturated rings. The summed E-state index contributed by atoms with van der Waals surface area (Å²) in [5.41, 5.74) is 1.22. The van der Waals surface area contributed by atoms with Gasteiger partial charge in [-0.25, -0.2) is 4.39 Å². The largest absolute Gasteiger partial charge is 0.383 e. The van der Waals surface area contributed by atoms with E-state index in [-0.39, 0.29) is 11.7 Å². The molecule has 0 aromatic heterocycles. The van der Waals surface area contributed by atoms with E-state index in [4.69, 9.17) is 4.84 Å². The van der Waals surface area contributed by atoms with Crippen molar-refractivity contribution in [1.82, 2.24) is 0 Å². The lowest BCUT2D eigenvalue weighted by Crippen LogP contribution is -2.26. The Morgan fingerprint density at radius 1 is 1.32 bits per heavy atom. The van der Waals surface area contributed by atoms with E-state index >= 15 is 0 Å². The van der Waals surface area contributed by atoms with Gasteiger partial charge in [0.25, 0.3) is 5.91 Å². The molecule has 2 rings (SSSR count). The lowest BCUT2D eigenvalue weighted by molar-refractivity contribution is -0.126. The summed E-state index contributed by atoms with van der Waals surface area (Å²) < 4.78 is 13.9. The Hall–Kier alpha value is -2.21. The van der Waals surface area contributed by atoms with Gasteiger partial charge in [0, 0.05) is 10.2 Å². The summed E-state index contributed by atoms with van der Waals surface area (Å²) in [6.45, 7) is 1.58. The highest BCUT2D eigenvalue weighted by Gasteiger charge is 2.13. The molecule has 0 saturated heterocycles. The molecule has 0 radical (unpaired) electrons. The van der Waals surface area contributed by atoms with Gasteiger partial charge in [0.2, 0.25) is 6.10 Å². The average molecular weight is 365 g/mol. The van der Waals surface area contributed by atoms with Crippen LogP contribution in [-0.4, -0.2) is 18.2 Å². The van der Waals surface area contributed by atoms with Crippen molar-refractivity contribution in [2.45, 2.75) is 13.0 Å². The van der Waals surface area contributed by atoms with Crippen molar-refractivity contribution >= 4 is 33.7 Å². The minimum Gasteiger partial charge on any atom is -0.383 e. The highest BCUT2D eigenvalue weighted by Crippen LogP contribution is 2.14. The summed E-state index contributed by atoms with van der Waals surface area (Å²) in [5.74, 6) is -0.677. The molecular weight excluding hydrogens is 351 g/mol. The molecule has 4 nitrogen and oxygen atoms in total. The van der Waals surface area contributed by atoms with Crippen LogP contribution in [0, 0.1) is 5.82 Å². The Morgan fingerprint density at radius 3 is 2.73 bits per heavy atom. The van der Waals surface area contributed by atoms with Gasteiger partial charge >= 0.3 is 0 Å². The summed E-state index contributed by atoms with van der Waals surface area (Å²) in [6, 6.07) is 13.1. The monoisotopic (exact) mass is 364 g/mol. The number of anilines is 1. The second kappa shape index (κ2) is 7.70. The molecule has 0 heterocycles. The lowest BCUT2D eigenvalue weighted by Gasteiger charge is -2.10. The summed E-state index contributed by atoms with van der Waals surface area (Å²) >= 11 is 3.32. The van der Waals surface area contributed by atoms with Gasteiger partial charge in [-0.2, -0.15) is 0 Å². The van der Waals surface area contributed by atoms with E-state index < -0.39 is 6.10 Å². The third-order valence-corrected chi connectivity index (χ3v) is 3.28. The molecule has 22 heavy (non-hydrogen) atoms. The highest BCUT2D eigenvalue weighted by molar-refractivity contribution is 9.10. The molecule has 0 aliphatic rings. The van der Waals surface area contributed by atoms with E-state index in [1.54, 1.807) is 31.2 Å². The number of rotatable bonds is 5. The van der Waals surface area contributed by atoms with Gasteiger partial charge in [-0.15, -0.1) is 0 Å². The number of carbonyl (C=O) groups is 1. The van der Waals surface area contributed by atoms with Crippen LogP contribution < -0.4 is 5.32 Å². The number of halogens is 2. The second-order valence-corrected chi connectivity index (χ2v) is 5.45. The van der Waals surface area contributed by atoms with E-state index in [2.05, 4.69) is 26.4 Å². The van der Waals surface area contributed by atoms with Crippen LogP contribution in [-0.2, 0) is 9.63 Å². The first kappa shape index (κ1) is 16.2. The number of nitrogens with zero attached hydrogens (tertiary/aromatic N) is 1. The standard InChI is InChI=1S/C16H14BrFN2O2/c1-11(16(21)20-15-7-5-13(17)6-8-15)22-19-10-12-3-2-4-14(18)9-12/h2-11H,1H3,(H,20,21)/b19-10-/t11-/m1/s1. The van der Waals surface area contributed by atoms with Gasteiger partial charge in [0.15, 0.2) is 0 Å². The number of benzene rings is 2. The Labute approximate surface area is 136 Å². The molecule has 1 N–H and O–H groups in total. The van der Waals surface area contributed by atoms with E-state index in [0.717, 1.165) is 4.47 Å². The van der Waals surface area contributed by atoms with E-state index in [0.29, 0.717) is 11.3 Å². The maximum atomic E-state index is 13.0. The van der Waals surface area contributed by atoms with Crippen molar-refractivity contribution in [2.75, 3.05) is 5.32 Å². The zero-order chi connectivity index (χ0) is 15.9. The normalized spacial score (nSPS) is 12.1. The van der Waals surface area contributed by atoms with E-state index in [1.165, 1.54) is 18.3 Å². The van der Waals surface area contributed by atoms with Gasteiger partial charge in [-0.1, -0.05) is 33.2 Å². The van der Waals surface area contributed by atoms with Crippen molar-refractivity contribution in [1.29, 1.82) is 0 Å². The van der Waals surface area contributed by atoms with Crippen molar-refractivity contribution in [3.8, 4) is 0 Å². The predicted octanol–water partition coefficient (Wildman–Crippen LogP) is 3.97. The quantitative estimate of drug-likeness (QED) is 0.644. The molecule has 1 atom stereocenters. The maximum Gasteiger partial charge on any atom is 0.267 e. The average Bonchev–Trinajstić information content (AvgIpc) is 2.49. The van der Waals surface area contributed by atoms with Gasteiger partial charge in [-0.3, -0.25) is 4.79 Å². The van der Waals surface area contributed by atoms with Crippen LogP contribution in [0.4, 0.5) is 10.1 Å². The van der Waals surface area contributed by atoms with E-state index in [1.807, 2.05) is 12.1 Å². The lowest BCUT2D eigenvalue weighted by atomic mass is 10.2. The summed E-state index contributed by atoms with van der Waals surface area (Å²) in [4.78, 5) is 17.0. The van der Waals surface area contributed by atoms with Gasteiger partial charge in [0.1, 0.15) is 5.82 Å². The Kier molecular flexibility index (Phi) is 5.66. The molecule has 2 aromatic rings. The maximum absolute atomic E-state index is 13.0. The van der Waals surface area contributed by atoms with Crippen LogP contribution in [0.2, 0.25) is 0 Å². The van der Waals surface area contributed by atoms with Crippen molar-refractivity contribution in [3.63, 3.8) is 0 Å². The first-order valence-electron chi connectivity index (χ1n) is 6.56.